The van der Waals surface area contributed by atoms with Gasteiger partial charge in [0.2, 0.25) is 0 Å². The summed E-state index contributed by atoms with van der Waals surface area (Å²) in [6, 6.07) is -2.08. The molecule has 2 unspecified atom stereocenters. The fraction of sp³-hybridized carbons (Fsp3) is 0.500. The first-order chi connectivity index (χ1) is 14.0. The molecule has 2 aliphatic heterocycles. The van der Waals surface area contributed by atoms with Gasteiger partial charge in [-0.3, -0.25) is 29.0 Å². The third-order valence-electron chi connectivity index (χ3n) is 4.58. The predicted octanol–water partition coefficient (Wildman–Crippen LogP) is 1.11. The van der Waals surface area contributed by atoms with Crippen molar-refractivity contribution in [2.75, 3.05) is 0 Å². The van der Waals surface area contributed by atoms with Crippen molar-refractivity contribution in [2.24, 2.45) is 0 Å². The van der Waals surface area contributed by atoms with Gasteiger partial charge < -0.3 is 10.2 Å². The number of aliphatic carboxylic acids is 2. The van der Waals surface area contributed by atoms with Gasteiger partial charge in [0.1, 0.15) is 12.1 Å². The number of amides is 4. The van der Waals surface area contributed by atoms with Gasteiger partial charge >= 0.3 is 11.9 Å². The van der Waals surface area contributed by atoms with E-state index in [4.69, 9.17) is 10.2 Å². The SMILES string of the molecule is CCCC(C(=O)O)N1C(=O)C=C(C)C1=O.CCCC(C(=O)O)N1C(=O)C=C(C)C1=O.[Zn]. The van der Waals surface area contributed by atoms with Gasteiger partial charge in [0.25, 0.3) is 23.6 Å². The van der Waals surface area contributed by atoms with Crippen molar-refractivity contribution < 1.29 is 58.5 Å². The molecule has 0 saturated carbocycles. The molecule has 0 aromatic rings. The second kappa shape index (κ2) is 12.2. The summed E-state index contributed by atoms with van der Waals surface area (Å²) in [5, 5.41) is 17.8. The summed E-state index contributed by atoms with van der Waals surface area (Å²) in [5.74, 6) is -4.33. The third-order valence-corrected chi connectivity index (χ3v) is 4.58. The van der Waals surface area contributed by atoms with Gasteiger partial charge in [-0.15, -0.1) is 0 Å². The van der Waals surface area contributed by atoms with Gasteiger partial charge in [-0.1, -0.05) is 26.7 Å². The van der Waals surface area contributed by atoms with Crippen molar-refractivity contribution in [2.45, 2.75) is 65.5 Å². The number of carboxylic acids is 2. The van der Waals surface area contributed by atoms with Gasteiger partial charge in [-0.05, 0) is 26.7 Å². The Morgan fingerprint density at radius 2 is 1.06 bits per heavy atom. The van der Waals surface area contributed by atoms with E-state index in [-0.39, 0.29) is 32.3 Å². The van der Waals surface area contributed by atoms with Gasteiger partial charge in [0.15, 0.2) is 0 Å². The molecule has 4 amide bonds. The first kappa shape index (κ1) is 28.3. The number of hydrogen-bond acceptors (Lipinski definition) is 6. The number of carbonyl (C=O) groups excluding carboxylic acids is 4. The van der Waals surface area contributed by atoms with Crippen LogP contribution < -0.4 is 0 Å². The number of nitrogens with zero attached hydrogens (tertiary/aromatic N) is 2. The van der Waals surface area contributed by atoms with Crippen LogP contribution in [0.4, 0.5) is 0 Å². The number of carbonyl (C=O) groups is 6. The van der Waals surface area contributed by atoms with Crippen molar-refractivity contribution >= 4 is 35.6 Å². The standard InChI is InChI=1S/2C10H13NO4.Zn/c2*1-3-4-7(10(14)15)11-8(12)5-6(2)9(11)13;/h2*5,7H,3-4H2,1-2H3,(H,14,15);. The van der Waals surface area contributed by atoms with Crippen molar-refractivity contribution in [3.05, 3.63) is 23.3 Å². The van der Waals surface area contributed by atoms with Crippen molar-refractivity contribution in [3.8, 4) is 0 Å². The molecule has 0 aliphatic carbocycles. The Labute approximate surface area is 192 Å². The molecule has 0 aromatic heterocycles. The van der Waals surface area contributed by atoms with E-state index in [1.54, 1.807) is 13.8 Å². The van der Waals surface area contributed by atoms with Gasteiger partial charge in [0.05, 0.1) is 0 Å². The van der Waals surface area contributed by atoms with Crippen LogP contribution in [-0.2, 0) is 48.2 Å². The maximum Gasteiger partial charge on any atom is 0.326 e. The molecule has 2 heterocycles. The summed E-state index contributed by atoms with van der Waals surface area (Å²) in [6.45, 7) is 6.62. The van der Waals surface area contributed by atoms with Crippen LogP contribution in [0.1, 0.15) is 53.4 Å². The summed E-state index contributed by atoms with van der Waals surface area (Å²) < 4.78 is 0. The maximum atomic E-state index is 11.5. The number of hydrogen-bond donors (Lipinski definition) is 2. The quantitative estimate of drug-likeness (QED) is 0.382. The predicted molar refractivity (Wildman–Crippen MR) is 104 cm³/mol. The van der Waals surface area contributed by atoms with Crippen LogP contribution in [0.15, 0.2) is 23.3 Å². The molecular formula is C20H26N2O8Zn. The monoisotopic (exact) mass is 486 g/mol. The van der Waals surface area contributed by atoms with E-state index in [1.165, 1.54) is 26.0 Å². The Hall–Kier alpha value is -2.68. The molecule has 2 atom stereocenters. The van der Waals surface area contributed by atoms with E-state index in [1.807, 2.05) is 0 Å². The largest absolute Gasteiger partial charge is 0.480 e. The van der Waals surface area contributed by atoms with Crippen LogP contribution >= 0.6 is 0 Å². The van der Waals surface area contributed by atoms with Crippen LogP contribution in [0.5, 0.6) is 0 Å². The molecule has 10 nitrogen and oxygen atoms in total. The first-order valence-electron chi connectivity index (χ1n) is 9.55. The Bertz CT molecular complexity index is 765. The van der Waals surface area contributed by atoms with Crippen LogP contribution in [-0.4, -0.2) is 67.7 Å². The van der Waals surface area contributed by atoms with Crippen molar-refractivity contribution in [3.63, 3.8) is 0 Å². The van der Waals surface area contributed by atoms with Crippen molar-refractivity contribution in [1.82, 2.24) is 9.80 Å². The molecule has 0 saturated heterocycles. The van der Waals surface area contributed by atoms with Crippen LogP contribution in [0.2, 0.25) is 0 Å². The molecule has 0 fully saturated rings. The Balaban J connectivity index is 0.000000562. The summed E-state index contributed by atoms with van der Waals surface area (Å²) >= 11 is 0. The fourth-order valence-electron chi connectivity index (χ4n) is 3.08. The third kappa shape index (κ3) is 6.65. The van der Waals surface area contributed by atoms with E-state index in [0.717, 1.165) is 9.80 Å². The Kier molecular flexibility index (Phi) is 11.2. The summed E-state index contributed by atoms with van der Waals surface area (Å²) in [5.41, 5.74) is 0.588. The molecule has 2 N–H and O–H groups in total. The minimum absolute atomic E-state index is 0. The molecule has 166 valence electrons. The average molecular weight is 488 g/mol. The normalized spacial score (nSPS) is 17.4. The molecule has 0 radical (unpaired) electrons. The van der Waals surface area contributed by atoms with E-state index in [2.05, 4.69) is 0 Å². The molecule has 31 heavy (non-hydrogen) atoms. The first-order valence-corrected chi connectivity index (χ1v) is 9.55. The van der Waals surface area contributed by atoms with Gasteiger partial charge in [-0.25, -0.2) is 9.59 Å². The molecule has 0 bridgehead atoms. The maximum absolute atomic E-state index is 11.5. The van der Waals surface area contributed by atoms with Crippen LogP contribution in [0.25, 0.3) is 0 Å². The molecule has 2 rings (SSSR count). The Morgan fingerprint density at radius 1 is 0.774 bits per heavy atom. The summed E-state index contributed by atoms with van der Waals surface area (Å²) in [4.78, 5) is 69.2. The van der Waals surface area contributed by atoms with Crippen LogP contribution in [0, 0.1) is 0 Å². The fourth-order valence-corrected chi connectivity index (χ4v) is 3.08. The minimum Gasteiger partial charge on any atom is -0.480 e. The second-order valence-electron chi connectivity index (χ2n) is 6.97. The number of imide groups is 2. The average Bonchev–Trinajstić information content (AvgIpc) is 3.05. The van der Waals surface area contributed by atoms with E-state index in [9.17, 15) is 28.8 Å². The zero-order chi connectivity index (χ0) is 23.2. The van der Waals surface area contributed by atoms with Gasteiger partial charge in [0, 0.05) is 42.8 Å². The smallest absolute Gasteiger partial charge is 0.326 e. The minimum atomic E-state index is -1.14. The molecule has 0 aromatic carbocycles. The number of rotatable bonds is 8. The Morgan fingerprint density at radius 3 is 1.23 bits per heavy atom. The molecule has 0 spiro atoms. The van der Waals surface area contributed by atoms with E-state index in [0.29, 0.717) is 24.0 Å². The molecule has 2 aliphatic rings. The van der Waals surface area contributed by atoms with Crippen LogP contribution in [0.3, 0.4) is 0 Å². The van der Waals surface area contributed by atoms with E-state index < -0.39 is 47.7 Å². The summed E-state index contributed by atoms with van der Waals surface area (Å²) in [6.07, 6.45) is 4.13. The zero-order valence-electron chi connectivity index (χ0n) is 18.1. The van der Waals surface area contributed by atoms with Crippen molar-refractivity contribution in [1.29, 1.82) is 0 Å². The second-order valence-corrected chi connectivity index (χ2v) is 6.97. The summed E-state index contributed by atoms with van der Waals surface area (Å²) in [7, 11) is 0. The van der Waals surface area contributed by atoms with Gasteiger partial charge in [-0.2, -0.15) is 0 Å². The zero-order valence-corrected chi connectivity index (χ0v) is 21.1. The topological polar surface area (TPSA) is 149 Å². The molecular weight excluding hydrogens is 462 g/mol. The number of carboxylic acid groups (broad SMARTS) is 2. The molecule has 11 heteroatoms. The van der Waals surface area contributed by atoms with E-state index >= 15 is 0 Å².